The molecule has 0 aliphatic carbocycles. The Morgan fingerprint density at radius 2 is 1.84 bits per heavy atom. The fraction of sp³-hybridized carbons (Fsp3) is 0.250. The molecule has 0 heterocycles. The maximum absolute atomic E-state index is 14.2. The molecule has 0 unspecified atom stereocenters. The highest BCUT2D eigenvalue weighted by atomic mass is 19.1. The monoisotopic (exact) mass is 258 g/mol. The smallest absolute Gasteiger partial charge is 0.147 e. The molecule has 0 aromatic heterocycles. The van der Waals surface area contributed by atoms with Crippen molar-refractivity contribution in [1.29, 1.82) is 0 Å². The summed E-state index contributed by atoms with van der Waals surface area (Å²) in [7, 11) is 1.89. The van der Waals surface area contributed by atoms with E-state index in [1.54, 1.807) is 6.07 Å². The highest BCUT2D eigenvalue weighted by Crippen LogP contribution is 2.31. The second-order valence-electron chi connectivity index (χ2n) is 4.63. The third-order valence-corrected chi connectivity index (χ3v) is 3.30. The lowest BCUT2D eigenvalue weighted by atomic mass is 10.1. The third kappa shape index (κ3) is 2.76. The van der Waals surface area contributed by atoms with Crippen LogP contribution in [0.25, 0.3) is 0 Å². The number of nitrogens with zero attached hydrogens (tertiary/aromatic N) is 1. The van der Waals surface area contributed by atoms with Gasteiger partial charge in [0.2, 0.25) is 0 Å². The van der Waals surface area contributed by atoms with Crippen LogP contribution in [0.15, 0.2) is 42.5 Å². The number of benzene rings is 2. The van der Waals surface area contributed by atoms with Crippen LogP contribution in [-0.4, -0.2) is 13.6 Å². The first kappa shape index (κ1) is 13.6. The summed E-state index contributed by atoms with van der Waals surface area (Å²) in [5.41, 5.74) is 9.28. The van der Waals surface area contributed by atoms with Crippen molar-refractivity contribution in [3.63, 3.8) is 0 Å². The predicted molar refractivity (Wildman–Crippen MR) is 78.4 cm³/mol. The van der Waals surface area contributed by atoms with Gasteiger partial charge in [-0.05, 0) is 43.1 Å². The highest BCUT2D eigenvalue weighted by molar-refractivity contribution is 5.68. The van der Waals surface area contributed by atoms with E-state index in [2.05, 4.69) is 0 Å². The Morgan fingerprint density at radius 3 is 2.53 bits per heavy atom. The number of aryl methyl sites for hydroxylation is 1. The Kier molecular flexibility index (Phi) is 4.17. The van der Waals surface area contributed by atoms with Gasteiger partial charge in [-0.25, -0.2) is 4.39 Å². The third-order valence-electron chi connectivity index (χ3n) is 3.30. The number of anilines is 2. The standard InChI is InChI=1S/C16H19FN2/c1-12-6-3-4-9-15(12)19(2)16-13(10-11-18)7-5-8-14(16)17/h3-9H,10-11,18H2,1-2H3. The van der Waals surface area contributed by atoms with Crippen LogP contribution < -0.4 is 10.6 Å². The molecule has 19 heavy (non-hydrogen) atoms. The normalized spacial score (nSPS) is 10.5. The van der Waals surface area contributed by atoms with Crippen molar-refractivity contribution in [3.8, 4) is 0 Å². The molecule has 0 amide bonds. The molecule has 0 fully saturated rings. The van der Waals surface area contributed by atoms with Gasteiger partial charge in [-0.3, -0.25) is 0 Å². The maximum Gasteiger partial charge on any atom is 0.147 e. The van der Waals surface area contributed by atoms with Gasteiger partial charge in [-0.2, -0.15) is 0 Å². The fourth-order valence-corrected chi connectivity index (χ4v) is 2.35. The number of hydrogen-bond donors (Lipinski definition) is 1. The van der Waals surface area contributed by atoms with E-state index in [4.69, 9.17) is 5.73 Å². The first-order chi connectivity index (χ1) is 9.15. The molecule has 2 aromatic rings. The SMILES string of the molecule is Cc1ccccc1N(C)c1c(F)cccc1CCN. The first-order valence-corrected chi connectivity index (χ1v) is 6.42. The molecule has 0 saturated heterocycles. The average molecular weight is 258 g/mol. The van der Waals surface area contributed by atoms with E-state index in [-0.39, 0.29) is 5.82 Å². The summed E-state index contributed by atoms with van der Waals surface area (Å²) < 4.78 is 14.2. The fourth-order valence-electron chi connectivity index (χ4n) is 2.35. The molecule has 3 heteroatoms. The molecule has 2 rings (SSSR count). The second-order valence-corrected chi connectivity index (χ2v) is 4.63. The van der Waals surface area contributed by atoms with Gasteiger partial charge < -0.3 is 10.6 Å². The number of para-hydroxylation sites is 2. The van der Waals surface area contributed by atoms with E-state index in [1.807, 2.05) is 49.2 Å². The van der Waals surface area contributed by atoms with Crippen LogP contribution in [0, 0.1) is 12.7 Å². The summed E-state index contributed by atoms with van der Waals surface area (Å²) in [6.45, 7) is 2.54. The van der Waals surface area contributed by atoms with E-state index >= 15 is 0 Å². The van der Waals surface area contributed by atoms with E-state index < -0.39 is 0 Å². The van der Waals surface area contributed by atoms with Crippen LogP contribution in [0.5, 0.6) is 0 Å². The Labute approximate surface area is 113 Å². The van der Waals surface area contributed by atoms with Gasteiger partial charge in [0.25, 0.3) is 0 Å². The molecule has 2 aromatic carbocycles. The number of hydrogen-bond acceptors (Lipinski definition) is 2. The van der Waals surface area contributed by atoms with Gasteiger partial charge in [0.1, 0.15) is 5.82 Å². The lowest BCUT2D eigenvalue weighted by molar-refractivity contribution is 0.625. The van der Waals surface area contributed by atoms with Gasteiger partial charge in [-0.1, -0.05) is 30.3 Å². The average Bonchev–Trinajstić information content (AvgIpc) is 2.39. The lowest BCUT2D eigenvalue weighted by Crippen LogP contribution is -2.16. The van der Waals surface area contributed by atoms with Crippen molar-refractivity contribution in [1.82, 2.24) is 0 Å². The minimum Gasteiger partial charge on any atom is -0.342 e. The van der Waals surface area contributed by atoms with Crippen LogP contribution in [0.3, 0.4) is 0 Å². The van der Waals surface area contributed by atoms with Gasteiger partial charge in [0.05, 0.1) is 5.69 Å². The summed E-state index contributed by atoms with van der Waals surface area (Å²) in [5.74, 6) is -0.211. The molecule has 0 saturated carbocycles. The molecule has 2 nitrogen and oxygen atoms in total. The molecule has 0 aliphatic rings. The Hall–Kier alpha value is -1.87. The van der Waals surface area contributed by atoms with Crippen LogP contribution in [-0.2, 0) is 6.42 Å². The van der Waals surface area contributed by atoms with Crippen molar-refractivity contribution >= 4 is 11.4 Å². The molecule has 0 aliphatic heterocycles. The summed E-state index contributed by atoms with van der Waals surface area (Å²) in [6, 6.07) is 13.1. The van der Waals surface area contributed by atoms with Crippen LogP contribution in [0.2, 0.25) is 0 Å². The molecular formula is C16H19FN2. The van der Waals surface area contributed by atoms with Crippen LogP contribution >= 0.6 is 0 Å². The van der Waals surface area contributed by atoms with Crippen molar-refractivity contribution in [2.24, 2.45) is 5.73 Å². The minimum atomic E-state index is -0.211. The van der Waals surface area contributed by atoms with Gasteiger partial charge in [0, 0.05) is 12.7 Å². The van der Waals surface area contributed by atoms with Crippen molar-refractivity contribution in [2.45, 2.75) is 13.3 Å². The second kappa shape index (κ2) is 5.85. The molecule has 2 N–H and O–H groups in total. The van der Waals surface area contributed by atoms with Crippen LogP contribution in [0.4, 0.5) is 15.8 Å². The predicted octanol–water partition coefficient (Wildman–Crippen LogP) is 3.40. The number of rotatable bonds is 4. The van der Waals surface area contributed by atoms with Gasteiger partial charge in [0.15, 0.2) is 0 Å². The Bertz CT molecular complexity index is 566. The van der Waals surface area contributed by atoms with Gasteiger partial charge in [-0.15, -0.1) is 0 Å². The summed E-state index contributed by atoms with van der Waals surface area (Å²) in [5, 5.41) is 0. The largest absolute Gasteiger partial charge is 0.342 e. The van der Waals surface area contributed by atoms with Crippen molar-refractivity contribution in [2.75, 3.05) is 18.5 Å². The quantitative estimate of drug-likeness (QED) is 0.910. The summed E-state index contributed by atoms with van der Waals surface area (Å²) in [4.78, 5) is 1.90. The summed E-state index contributed by atoms with van der Waals surface area (Å²) >= 11 is 0. The zero-order valence-electron chi connectivity index (χ0n) is 11.4. The van der Waals surface area contributed by atoms with E-state index in [1.165, 1.54) is 6.07 Å². The number of nitrogens with two attached hydrogens (primary N) is 1. The van der Waals surface area contributed by atoms with E-state index in [9.17, 15) is 4.39 Å². The topological polar surface area (TPSA) is 29.3 Å². The molecular weight excluding hydrogens is 239 g/mol. The summed E-state index contributed by atoms with van der Waals surface area (Å²) in [6.07, 6.45) is 0.670. The zero-order valence-corrected chi connectivity index (χ0v) is 11.4. The lowest BCUT2D eigenvalue weighted by Gasteiger charge is -2.24. The van der Waals surface area contributed by atoms with Crippen molar-refractivity contribution in [3.05, 3.63) is 59.4 Å². The van der Waals surface area contributed by atoms with Crippen molar-refractivity contribution < 1.29 is 4.39 Å². The zero-order chi connectivity index (χ0) is 13.8. The highest BCUT2D eigenvalue weighted by Gasteiger charge is 2.15. The minimum absolute atomic E-state index is 0.211. The van der Waals surface area contributed by atoms with Crippen LogP contribution in [0.1, 0.15) is 11.1 Å². The van der Waals surface area contributed by atoms with E-state index in [0.717, 1.165) is 16.8 Å². The maximum atomic E-state index is 14.2. The molecule has 100 valence electrons. The first-order valence-electron chi connectivity index (χ1n) is 6.42. The molecule has 0 atom stereocenters. The van der Waals surface area contributed by atoms with E-state index in [0.29, 0.717) is 18.7 Å². The number of halogens is 1. The molecule has 0 radical (unpaired) electrons. The Morgan fingerprint density at radius 1 is 1.11 bits per heavy atom. The molecule has 0 spiro atoms. The molecule has 0 bridgehead atoms. The van der Waals surface area contributed by atoms with Gasteiger partial charge >= 0.3 is 0 Å². The Balaban J connectivity index is 2.49.